The van der Waals surface area contributed by atoms with Gasteiger partial charge in [0.25, 0.3) is 0 Å². The Kier molecular flexibility index (Phi) is 10.0. The molecule has 10 nitrogen and oxygen atoms in total. The number of nitriles is 1. The Hall–Kier alpha value is -4.66. The fraction of sp³-hybridized carbons (Fsp3) is 0.417. The number of hydrazine groups is 1. The van der Waals surface area contributed by atoms with Crippen molar-refractivity contribution < 1.29 is 13.9 Å². The number of aromatic nitrogens is 2. The predicted octanol–water partition coefficient (Wildman–Crippen LogP) is 5.46. The summed E-state index contributed by atoms with van der Waals surface area (Å²) in [6.45, 7) is 12.1. The van der Waals surface area contributed by atoms with Gasteiger partial charge in [0.05, 0.1) is 18.2 Å². The van der Waals surface area contributed by atoms with Crippen LogP contribution < -0.4 is 21.3 Å². The van der Waals surface area contributed by atoms with Gasteiger partial charge in [0.1, 0.15) is 17.3 Å². The van der Waals surface area contributed by atoms with Crippen molar-refractivity contribution in [1.82, 2.24) is 19.4 Å². The zero-order chi connectivity index (χ0) is 34.0. The van der Waals surface area contributed by atoms with Crippen molar-refractivity contribution in [3.05, 3.63) is 60.1 Å². The first-order valence-corrected chi connectivity index (χ1v) is 16.2. The first kappa shape index (κ1) is 33.7. The number of piperidine rings is 1. The summed E-state index contributed by atoms with van der Waals surface area (Å²) in [5.41, 5.74) is 11.1. The zero-order valence-corrected chi connectivity index (χ0v) is 28.0. The smallest absolute Gasteiger partial charge is 0.245 e. The lowest BCUT2D eigenvalue weighted by Crippen LogP contribution is -2.49. The van der Waals surface area contributed by atoms with Crippen LogP contribution >= 0.6 is 0 Å². The number of likely N-dealkylation sites (tertiary alicyclic amines) is 1. The van der Waals surface area contributed by atoms with Gasteiger partial charge in [-0.15, -0.1) is 0 Å². The average Bonchev–Trinajstić information content (AvgIpc) is 3.37. The van der Waals surface area contributed by atoms with Gasteiger partial charge in [0.15, 0.2) is 5.82 Å². The summed E-state index contributed by atoms with van der Waals surface area (Å²) in [6.07, 6.45) is 5.36. The summed E-state index contributed by atoms with van der Waals surface area (Å²) in [5, 5.41) is 12.5. The van der Waals surface area contributed by atoms with Gasteiger partial charge in [-0.25, -0.2) is 15.2 Å². The fourth-order valence-electron chi connectivity index (χ4n) is 6.95. The first-order valence-electron chi connectivity index (χ1n) is 16.2. The molecule has 1 atom stereocenters. The summed E-state index contributed by atoms with van der Waals surface area (Å²) in [6, 6.07) is 9.72. The van der Waals surface area contributed by atoms with Gasteiger partial charge < -0.3 is 29.8 Å². The largest absolute Gasteiger partial charge is 0.472 e. The molecule has 1 aliphatic rings. The quantitative estimate of drug-likeness (QED) is 0.126. The van der Waals surface area contributed by atoms with Crippen LogP contribution in [-0.2, 0) is 18.3 Å². The molecule has 47 heavy (non-hydrogen) atoms. The van der Waals surface area contributed by atoms with Gasteiger partial charge in [0.2, 0.25) is 11.8 Å². The van der Waals surface area contributed by atoms with Crippen molar-refractivity contribution >= 4 is 39.1 Å². The number of nitrogen functional groups attached to an aromatic ring is 1. The van der Waals surface area contributed by atoms with E-state index in [0.717, 1.165) is 29.4 Å². The molecule has 2 aromatic carbocycles. The van der Waals surface area contributed by atoms with Gasteiger partial charge in [-0.05, 0) is 81.6 Å². The number of pyridine rings is 1. The number of aryl methyl sites for hydroxylation is 2. The SMILES string of the molecule is C=CC(=O)N1CCC(N(N)c2c(N)c(OC(C)CN(C)CCC)nc3c(F)c(-c4cccc5c4c(CC#N)cn5C)c(C)cc23)CC1. The lowest BCUT2D eigenvalue weighted by Gasteiger charge is -2.38. The number of likely N-dealkylation sites (N-methyl/N-ethyl adjacent to an activating group) is 1. The molecule has 0 aliphatic carbocycles. The summed E-state index contributed by atoms with van der Waals surface area (Å²) < 4.78 is 25.4. The molecule has 1 fully saturated rings. The van der Waals surface area contributed by atoms with E-state index in [0.29, 0.717) is 60.2 Å². The Morgan fingerprint density at radius 3 is 2.72 bits per heavy atom. The van der Waals surface area contributed by atoms with E-state index in [1.807, 2.05) is 63.0 Å². The topological polar surface area (TPSA) is 130 Å². The average molecular weight is 641 g/mol. The molecule has 11 heteroatoms. The van der Waals surface area contributed by atoms with E-state index in [1.165, 1.54) is 6.08 Å². The molecular weight excluding hydrogens is 595 g/mol. The van der Waals surface area contributed by atoms with E-state index in [4.69, 9.17) is 21.3 Å². The number of carbonyl (C=O) groups excluding carboxylic acids is 1. The molecule has 0 spiro atoms. The maximum Gasteiger partial charge on any atom is 0.245 e. The lowest BCUT2D eigenvalue weighted by atomic mass is 9.92. The highest BCUT2D eigenvalue weighted by molar-refractivity contribution is 6.05. The molecule has 0 bridgehead atoms. The molecule has 4 aromatic rings. The molecule has 1 aliphatic heterocycles. The van der Waals surface area contributed by atoms with Crippen LogP contribution in [0.25, 0.3) is 32.9 Å². The Balaban J connectivity index is 1.68. The maximum absolute atomic E-state index is 17.1. The summed E-state index contributed by atoms with van der Waals surface area (Å²) in [4.78, 5) is 20.9. The number of rotatable bonds is 11. The summed E-state index contributed by atoms with van der Waals surface area (Å²) in [5.74, 6) is 6.37. The molecular formula is C36H45FN8O2. The second kappa shape index (κ2) is 14.0. The lowest BCUT2D eigenvalue weighted by molar-refractivity contribution is -0.127. The zero-order valence-electron chi connectivity index (χ0n) is 28.0. The molecule has 3 heterocycles. The summed E-state index contributed by atoms with van der Waals surface area (Å²) in [7, 11) is 3.94. The first-order chi connectivity index (χ1) is 22.5. The van der Waals surface area contributed by atoms with Crippen LogP contribution in [0.5, 0.6) is 5.88 Å². The van der Waals surface area contributed by atoms with E-state index in [2.05, 4.69) is 24.5 Å². The Labute approximate surface area is 275 Å². The number of ether oxygens (including phenoxy) is 1. The molecule has 4 N–H and O–H groups in total. The number of amides is 1. The molecule has 1 saturated heterocycles. The Bertz CT molecular complexity index is 1850. The minimum atomic E-state index is -0.513. The van der Waals surface area contributed by atoms with Crippen LogP contribution in [0.2, 0.25) is 0 Å². The highest BCUT2D eigenvalue weighted by Gasteiger charge is 2.31. The molecule has 1 amide bonds. The van der Waals surface area contributed by atoms with Crippen LogP contribution in [0.15, 0.2) is 43.1 Å². The molecule has 5 rings (SSSR count). The standard InChI is InChI=1S/C36H45FN8O2/c1-7-16-42(5)20-23(4)47-36-33(39)35(45(40)25-13-17-44(18-14-25)29(46)8-2)27-19-22(3)30(32(37)34(27)41-36)26-10-9-11-28-31(26)24(12-15-38)21-43(28)6/h8-11,19,21,23,25H,2,7,12-14,16-18,20,39-40H2,1,3-6H3. The molecule has 2 aromatic heterocycles. The number of carbonyl (C=O) groups is 1. The van der Waals surface area contributed by atoms with E-state index in [-0.39, 0.29) is 41.6 Å². The van der Waals surface area contributed by atoms with Crippen molar-refractivity contribution in [3.8, 4) is 23.1 Å². The van der Waals surface area contributed by atoms with Crippen LogP contribution in [-0.4, -0.2) is 70.6 Å². The predicted molar refractivity (Wildman–Crippen MR) is 186 cm³/mol. The monoisotopic (exact) mass is 640 g/mol. The van der Waals surface area contributed by atoms with Crippen LogP contribution in [0.4, 0.5) is 15.8 Å². The van der Waals surface area contributed by atoms with E-state index < -0.39 is 5.82 Å². The molecule has 248 valence electrons. The van der Waals surface area contributed by atoms with E-state index in [1.54, 1.807) is 9.91 Å². The van der Waals surface area contributed by atoms with Gasteiger partial charge in [-0.2, -0.15) is 5.26 Å². The molecule has 0 radical (unpaired) electrons. The van der Waals surface area contributed by atoms with E-state index in [9.17, 15) is 10.1 Å². The van der Waals surface area contributed by atoms with Gasteiger partial charge in [0, 0.05) is 60.8 Å². The maximum atomic E-state index is 17.1. The third kappa shape index (κ3) is 6.48. The molecule has 0 saturated carbocycles. The van der Waals surface area contributed by atoms with Gasteiger partial charge in [-0.1, -0.05) is 25.6 Å². The fourth-order valence-corrected chi connectivity index (χ4v) is 6.95. The third-order valence-corrected chi connectivity index (χ3v) is 9.11. The van der Waals surface area contributed by atoms with Crippen molar-refractivity contribution in [2.75, 3.05) is 44.0 Å². The van der Waals surface area contributed by atoms with E-state index >= 15 is 4.39 Å². The number of halogens is 1. The Morgan fingerprint density at radius 2 is 2.06 bits per heavy atom. The summed E-state index contributed by atoms with van der Waals surface area (Å²) >= 11 is 0. The number of hydrogen-bond donors (Lipinski definition) is 2. The normalized spacial score (nSPS) is 14.5. The van der Waals surface area contributed by atoms with Crippen molar-refractivity contribution in [2.24, 2.45) is 12.9 Å². The highest BCUT2D eigenvalue weighted by atomic mass is 19.1. The minimum absolute atomic E-state index is 0.100. The second-order valence-electron chi connectivity index (χ2n) is 12.6. The minimum Gasteiger partial charge on any atom is -0.472 e. The number of anilines is 2. The van der Waals surface area contributed by atoms with Gasteiger partial charge in [-0.3, -0.25) is 4.79 Å². The number of benzene rings is 2. The molecule has 1 unspecified atom stereocenters. The third-order valence-electron chi connectivity index (χ3n) is 9.11. The number of hydrogen-bond acceptors (Lipinski definition) is 8. The number of fused-ring (bicyclic) bond motifs is 2. The number of nitrogens with zero attached hydrogens (tertiary/aromatic N) is 6. The van der Waals surface area contributed by atoms with Crippen LogP contribution in [0.3, 0.4) is 0 Å². The van der Waals surface area contributed by atoms with Crippen LogP contribution in [0, 0.1) is 24.1 Å². The Morgan fingerprint density at radius 1 is 1.34 bits per heavy atom. The van der Waals surface area contributed by atoms with Gasteiger partial charge >= 0.3 is 0 Å². The van der Waals surface area contributed by atoms with Crippen molar-refractivity contribution in [1.29, 1.82) is 5.26 Å². The van der Waals surface area contributed by atoms with Crippen LogP contribution in [0.1, 0.15) is 44.2 Å². The second-order valence-corrected chi connectivity index (χ2v) is 12.6. The number of nitrogens with two attached hydrogens (primary N) is 2. The highest BCUT2D eigenvalue weighted by Crippen LogP contribution is 2.44. The van der Waals surface area contributed by atoms with Crippen molar-refractivity contribution in [2.45, 2.75) is 58.6 Å². The van der Waals surface area contributed by atoms with Crippen molar-refractivity contribution in [3.63, 3.8) is 0 Å².